The van der Waals surface area contributed by atoms with Crippen LogP contribution >= 0.6 is 0 Å². The third-order valence-electron chi connectivity index (χ3n) is 5.52. The van der Waals surface area contributed by atoms with E-state index in [9.17, 15) is 9.59 Å². The normalized spacial score (nSPS) is 21.0. The summed E-state index contributed by atoms with van der Waals surface area (Å²) in [5, 5.41) is 3.06. The molecule has 0 saturated carbocycles. The summed E-state index contributed by atoms with van der Waals surface area (Å²) in [6.07, 6.45) is 4.18. The highest BCUT2D eigenvalue weighted by Crippen LogP contribution is 2.23. The summed E-state index contributed by atoms with van der Waals surface area (Å²) in [6.45, 7) is 10.5. The Morgan fingerprint density at radius 2 is 1.74 bits per heavy atom. The molecule has 0 aromatic heterocycles. The van der Waals surface area contributed by atoms with E-state index in [1.807, 2.05) is 4.90 Å². The van der Waals surface area contributed by atoms with Gasteiger partial charge in [-0.2, -0.15) is 0 Å². The molecule has 1 N–H and O–H groups in total. The summed E-state index contributed by atoms with van der Waals surface area (Å²) in [4.78, 5) is 26.8. The van der Waals surface area contributed by atoms with Gasteiger partial charge in [-0.15, -0.1) is 0 Å². The van der Waals surface area contributed by atoms with Crippen LogP contribution in [0.15, 0.2) is 24.3 Å². The van der Waals surface area contributed by atoms with Gasteiger partial charge in [-0.1, -0.05) is 20.8 Å². The average Bonchev–Trinajstić information content (AvgIpc) is 2.64. The number of ether oxygens (including phenoxy) is 1. The molecular formula is C22H34N2O3. The topological polar surface area (TPSA) is 58.6 Å². The first kappa shape index (κ1) is 21.3. The van der Waals surface area contributed by atoms with Crippen LogP contribution < -0.4 is 10.1 Å². The number of carbonyl (C=O) groups excluding carboxylic acids is 2. The molecule has 3 atom stereocenters. The minimum absolute atomic E-state index is 0.0271. The monoisotopic (exact) mass is 374 g/mol. The maximum atomic E-state index is 12.5. The molecule has 0 radical (unpaired) electrons. The Morgan fingerprint density at radius 3 is 2.26 bits per heavy atom. The highest BCUT2D eigenvalue weighted by molar-refractivity contribution is 5.94. The Morgan fingerprint density at radius 1 is 1.15 bits per heavy atom. The van der Waals surface area contributed by atoms with E-state index in [2.05, 4.69) is 39.9 Å². The Labute approximate surface area is 163 Å². The van der Waals surface area contributed by atoms with E-state index in [4.69, 9.17) is 4.74 Å². The standard InChI is InChI=1S/C22H34N2O3/c1-6-20(15(2)3)23-22(26)18-10-12-19(13-11-18)27-14-21(25)24-16(4)8-7-9-17(24)5/h10-13,15-17,20H,6-9,14H2,1-5H3,(H,23,26). The molecule has 5 heteroatoms. The van der Waals surface area contributed by atoms with Crippen LogP contribution in [0, 0.1) is 5.92 Å². The van der Waals surface area contributed by atoms with Crippen molar-refractivity contribution in [3.8, 4) is 5.75 Å². The van der Waals surface area contributed by atoms with E-state index in [0.717, 1.165) is 19.3 Å². The van der Waals surface area contributed by atoms with Crippen molar-refractivity contribution in [2.24, 2.45) is 5.92 Å². The number of benzene rings is 1. The first-order chi connectivity index (χ1) is 12.8. The van der Waals surface area contributed by atoms with Crippen molar-refractivity contribution in [1.29, 1.82) is 0 Å². The summed E-state index contributed by atoms with van der Waals surface area (Å²) in [6, 6.07) is 7.69. The van der Waals surface area contributed by atoms with E-state index >= 15 is 0 Å². The first-order valence-electron chi connectivity index (χ1n) is 10.2. The predicted molar refractivity (Wildman–Crippen MR) is 108 cm³/mol. The summed E-state index contributed by atoms with van der Waals surface area (Å²) in [5.74, 6) is 0.952. The number of rotatable bonds is 7. The molecule has 1 fully saturated rings. The highest BCUT2D eigenvalue weighted by Gasteiger charge is 2.29. The first-order valence-corrected chi connectivity index (χ1v) is 10.2. The minimum Gasteiger partial charge on any atom is -0.484 e. The largest absolute Gasteiger partial charge is 0.484 e. The maximum absolute atomic E-state index is 12.5. The number of nitrogens with zero attached hydrogens (tertiary/aromatic N) is 1. The van der Waals surface area contributed by atoms with E-state index in [-0.39, 0.29) is 36.5 Å². The molecule has 1 heterocycles. The molecule has 1 aliphatic heterocycles. The summed E-state index contributed by atoms with van der Waals surface area (Å²) in [7, 11) is 0. The number of amides is 2. The molecule has 1 aliphatic rings. The van der Waals surface area contributed by atoms with Crippen molar-refractivity contribution in [3.63, 3.8) is 0 Å². The second kappa shape index (κ2) is 9.77. The van der Waals surface area contributed by atoms with Gasteiger partial charge in [-0.05, 0) is 69.7 Å². The van der Waals surface area contributed by atoms with Gasteiger partial charge >= 0.3 is 0 Å². The van der Waals surface area contributed by atoms with Gasteiger partial charge in [-0.3, -0.25) is 9.59 Å². The highest BCUT2D eigenvalue weighted by atomic mass is 16.5. The van der Waals surface area contributed by atoms with Crippen molar-refractivity contribution < 1.29 is 14.3 Å². The summed E-state index contributed by atoms with van der Waals surface area (Å²) < 4.78 is 5.67. The van der Waals surface area contributed by atoms with Crippen LogP contribution in [0.1, 0.15) is 70.7 Å². The fourth-order valence-corrected chi connectivity index (χ4v) is 3.83. The van der Waals surface area contributed by atoms with Gasteiger partial charge in [0.1, 0.15) is 5.75 Å². The fraction of sp³-hybridized carbons (Fsp3) is 0.636. The Kier molecular flexibility index (Phi) is 7.69. The van der Waals surface area contributed by atoms with Crippen LogP contribution in [-0.2, 0) is 4.79 Å². The number of hydrogen-bond donors (Lipinski definition) is 1. The molecular weight excluding hydrogens is 340 g/mol. The van der Waals surface area contributed by atoms with Crippen molar-refractivity contribution in [1.82, 2.24) is 10.2 Å². The quantitative estimate of drug-likeness (QED) is 0.784. The van der Waals surface area contributed by atoms with Crippen LogP contribution in [0.5, 0.6) is 5.75 Å². The number of hydrogen-bond acceptors (Lipinski definition) is 3. The van der Waals surface area contributed by atoms with E-state index in [1.165, 1.54) is 6.42 Å². The maximum Gasteiger partial charge on any atom is 0.260 e. The minimum atomic E-state index is -0.0749. The van der Waals surface area contributed by atoms with Gasteiger partial charge in [0, 0.05) is 23.7 Å². The van der Waals surface area contributed by atoms with Gasteiger partial charge in [0.2, 0.25) is 0 Å². The van der Waals surface area contributed by atoms with Crippen molar-refractivity contribution >= 4 is 11.8 Å². The summed E-state index contributed by atoms with van der Waals surface area (Å²) >= 11 is 0. The lowest BCUT2D eigenvalue weighted by Crippen LogP contribution is -2.49. The van der Waals surface area contributed by atoms with Gasteiger partial charge in [0.15, 0.2) is 6.61 Å². The van der Waals surface area contributed by atoms with Gasteiger partial charge in [0.05, 0.1) is 0 Å². The van der Waals surface area contributed by atoms with E-state index < -0.39 is 0 Å². The number of nitrogens with one attached hydrogen (secondary N) is 1. The molecule has 150 valence electrons. The molecule has 0 bridgehead atoms. The van der Waals surface area contributed by atoms with E-state index in [1.54, 1.807) is 24.3 Å². The molecule has 27 heavy (non-hydrogen) atoms. The Balaban J connectivity index is 1.90. The molecule has 1 aromatic carbocycles. The number of piperidine rings is 1. The second-order valence-electron chi connectivity index (χ2n) is 7.98. The van der Waals surface area contributed by atoms with Gasteiger partial charge in [-0.25, -0.2) is 0 Å². The van der Waals surface area contributed by atoms with Crippen LogP contribution in [0.4, 0.5) is 0 Å². The lowest BCUT2D eigenvalue weighted by atomic mass is 9.97. The predicted octanol–water partition coefficient (Wildman–Crippen LogP) is 4.02. The molecule has 1 aromatic rings. The fourth-order valence-electron chi connectivity index (χ4n) is 3.83. The molecule has 3 unspecified atom stereocenters. The lowest BCUT2D eigenvalue weighted by Gasteiger charge is -2.38. The number of likely N-dealkylation sites (tertiary alicyclic amines) is 1. The Bertz CT molecular complexity index is 617. The molecule has 5 nitrogen and oxygen atoms in total. The van der Waals surface area contributed by atoms with Crippen LogP contribution in [0.2, 0.25) is 0 Å². The van der Waals surface area contributed by atoms with Gasteiger partial charge < -0.3 is 15.0 Å². The zero-order chi connectivity index (χ0) is 20.0. The van der Waals surface area contributed by atoms with Crippen LogP contribution in [-0.4, -0.2) is 41.4 Å². The molecule has 1 saturated heterocycles. The molecule has 0 aliphatic carbocycles. The third kappa shape index (κ3) is 5.72. The van der Waals surface area contributed by atoms with Crippen LogP contribution in [0.25, 0.3) is 0 Å². The van der Waals surface area contributed by atoms with Crippen LogP contribution in [0.3, 0.4) is 0 Å². The lowest BCUT2D eigenvalue weighted by molar-refractivity contribution is -0.139. The van der Waals surface area contributed by atoms with E-state index in [0.29, 0.717) is 17.2 Å². The SMILES string of the molecule is CCC(NC(=O)c1ccc(OCC(=O)N2C(C)CCCC2C)cc1)C(C)C. The molecule has 2 amide bonds. The molecule has 0 spiro atoms. The Hall–Kier alpha value is -2.04. The third-order valence-corrected chi connectivity index (χ3v) is 5.52. The smallest absolute Gasteiger partial charge is 0.260 e. The van der Waals surface area contributed by atoms with Crippen molar-refractivity contribution in [2.45, 2.75) is 78.4 Å². The zero-order valence-corrected chi connectivity index (χ0v) is 17.3. The average molecular weight is 375 g/mol. The zero-order valence-electron chi connectivity index (χ0n) is 17.3. The molecule has 2 rings (SSSR count). The van der Waals surface area contributed by atoms with Crippen molar-refractivity contribution in [3.05, 3.63) is 29.8 Å². The van der Waals surface area contributed by atoms with Gasteiger partial charge in [0.25, 0.3) is 11.8 Å². The number of carbonyl (C=O) groups is 2. The summed E-state index contributed by atoms with van der Waals surface area (Å²) in [5.41, 5.74) is 0.603. The van der Waals surface area contributed by atoms with Crippen molar-refractivity contribution in [2.75, 3.05) is 6.61 Å². The second-order valence-corrected chi connectivity index (χ2v) is 7.98.